The van der Waals surface area contributed by atoms with E-state index in [1.807, 2.05) is 13.8 Å². The topological polar surface area (TPSA) is 75.6 Å². The van der Waals surface area contributed by atoms with Crippen molar-refractivity contribution in [2.75, 3.05) is 0 Å². The fraction of sp³-hybridized carbons (Fsp3) is 0.778. The summed E-state index contributed by atoms with van der Waals surface area (Å²) in [5.74, 6) is -0.543. The highest BCUT2D eigenvalue weighted by Crippen LogP contribution is 2.18. The third kappa shape index (κ3) is 2.90. The van der Waals surface area contributed by atoms with E-state index in [0.29, 0.717) is 5.92 Å². The first-order chi connectivity index (χ1) is 6.49. The Balaban J connectivity index is 2.53. The number of carboxylic acid groups (broad SMARTS) is 1. The molecule has 1 saturated heterocycles. The van der Waals surface area contributed by atoms with Crippen molar-refractivity contribution in [3.63, 3.8) is 0 Å². The molecule has 2 atom stereocenters. The zero-order chi connectivity index (χ0) is 10.7. The molecule has 1 aliphatic rings. The average molecular weight is 201 g/mol. The quantitative estimate of drug-likeness (QED) is 0.711. The SMILES string of the molecule is CC(C)CC1NC(=O)OC1CC(=O)O. The van der Waals surface area contributed by atoms with E-state index in [0.717, 1.165) is 6.42 Å². The Labute approximate surface area is 82.4 Å². The number of aliphatic carboxylic acids is 1. The number of hydrogen-bond acceptors (Lipinski definition) is 3. The van der Waals surface area contributed by atoms with Crippen molar-refractivity contribution in [1.82, 2.24) is 5.32 Å². The van der Waals surface area contributed by atoms with Gasteiger partial charge in [0.1, 0.15) is 6.10 Å². The van der Waals surface area contributed by atoms with Crippen LogP contribution in [0, 0.1) is 5.92 Å². The number of amides is 1. The highest BCUT2D eigenvalue weighted by Gasteiger charge is 2.35. The number of ether oxygens (including phenoxy) is 1. The molecule has 2 unspecified atom stereocenters. The number of hydrogen-bond donors (Lipinski definition) is 2. The Kier molecular flexibility index (Phi) is 3.33. The van der Waals surface area contributed by atoms with E-state index in [-0.39, 0.29) is 12.5 Å². The number of carbonyl (C=O) groups excluding carboxylic acids is 1. The molecule has 0 aromatic heterocycles. The number of nitrogens with one attached hydrogen (secondary N) is 1. The second-order valence-electron chi connectivity index (χ2n) is 3.92. The van der Waals surface area contributed by atoms with Crippen LogP contribution in [0.4, 0.5) is 4.79 Å². The number of cyclic esters (lactones) is 1. The maximum atomic E-state index is 10.9. The summed E-state index contributed by atoms with van der Waals surface area (Å²) in [6, 6.07) is -0.168. The van der Waals surface area contributed by atoms with Crippen molar-refractivity contribution in [3.8, 4) is 0 Å². The second kappa shape index (κ2) is 4.30. The first-order valence-corrected chi connectivity index (χ1v) is 4.68. The van der Waals surface area contributed by atoms with Crippen LogP contribution in [0.3, 0.4) is 0 Å². The fourth-order valence-electron chi connectivity index (χ4n) is 1.57. The van der Waals surface area contributed by atoms with Gasteiger partial charge in [-0.3, -0.25) is 4.79 Å². The summed E-state index contributed by atoms with van der Waals surface area (Å²) in [5.41, 5.74) is 0. The summed E-state index contributed by atoms with van der Waals surface area (Å²) in [5, 5.41) is 11.2. The molecular weight excluding hydrogens is 186 g/mol. The van der Waals surface area contributed by atoms with Gasteiger partial charge in [0.05, 0.1) is 12.5 Å². The zero-order valence-electron chi connectivity index (χ0n) is 8.32. The molecule has 0 radical (unpaired) electrons. The zero-order valence-corrected chi connectivity index (χ0v) is 8.32. The maximum Gasteiger partial charge on any atom is 0.407 e. The van der Waals surface area contributed by atoms with Gasteiger partial charge in [0.2, 0.25) is 0 Å². The molecule has 1 aliphatic heterocycles. The van der Waals surface area contributed by atoms with Crippen LogP contribution in [0.15, 0.2) is 0 Å². The molecule has 14 heavy (non-hydrogen) atoms. The fourth-order valence-corrected chi connectivity index (χ4v) is 1.57. The molecule has 2 N–H and O–H groups in total. The van der Waals surface area contributed by atoms with Crippen LogP contribution in [-0.2, 0) is 9.53 Å². The van der Waals surface area contributed by atoms with Crippen molar-refractivity contribution < 1.29 is 19.4 Å². The van der Waals surface area contributed by atoms with Crippen LogP contribution in [0.5, 0.6) is 0 Å². The third-order valence-electron chi connectivity index (χ3n) is 2.11. The molecule has 5 nitrogen and oxygen atoms in total. The monoisotopic (exact) mass is 201 g/mol. The van der Waals surface area contributed by atoms with Gasteiger partial charge >= 0.3 is 12.1 Å². The summed E-state index contributed by atoms with van der Waals surface area (Å²) in [6.07, 6.45) is -0.427. The van der Waals surface area contributed by atoms with E-state index in [2.05, 4.69) is 5.32 Å². The molecule has 0 saturated carbocycles. The Hall–Kier alpha value is -1.26. The van der Waals surface area contributed by atoms with E-state index in [1.54, 1.807) is 0 Å². The minimum Gasteiger partial charge on any atom is -0.481 e. The molecule has 1 fully saturated rings. The number of alkyl carbamates (subject to hydrolysis) is 1. The maximum absolute atomic E-state index is 10.9. The van der Waals surface area contributed by atoms with E-state index in [4.69, 9.17) is 9.84 Å². The summed E-state index contributed by atoms with van der Waals surface area (Å²) in [7, 11) is 0. The Morgan fingerprint density at radius 2 is 2.29 bits per heavy atom. The Bertz CT molecular complexity index is 239. The third-order valence-corrected chi connectivity index (χ3v) is 2.11. The largest absolute Gasteiger partial charge is 0.481 e. The average Bonchev–Trinajstić information content (AvgIpc) is 2.28. The van der Waals surface area contributed by atoms with Crippen molar-refractivity contribution in [3.05, 3.63) is 0 Å². The molecule has 1 rings (SSSR count). The molecule has 0 bridgehead atoms. The highest BCUT2D eigenvalue weighted by atomic mass is 16.6. The Morgan fingerprint density at radius 3 is 2.79 bits per heavy atom. The minimum atomic E-state index is -0.944. The van der Waals surface area contributed by atoms with Crippen LogP contribution in [-0.4, -0.2) is 29.3 Å². The van der Waals surface area contributed by atoms with Crippen molar-refractivity contribution in [2.45, 2.75) is 38.8 Å². The van der Waals surface area contributed by atoms with E-state index >= 15 is 0 Å². The lowest BCUT2D eigenvalue weighted by molar-refractivity contribution is -0.139. The van der Waals surface area contributed by atoms with Gasteiger partial charge in [-0.25, -0.2) is 4.79 Å². The van der Waals surface area contributed by atoms with Gasteiger partial charge in [0.15, 0.2) is 0 Å². The molecule has 0 aromatic rings. The van der Waals surface area contributed by atoms with Crippen molar-refractivity contribution >= 4 is 12.1 Å². The summed E-state index contributed by atoms with van der Waals surface area (Å²) in [6.45, 7) is 4.03. The van der Waals surface area contributed by atoms with Gasteiger partial charge in [-0.15, -0.1) is 0 Å². The lowest BCUT2D eigenvalue weighted by Gasteiger charge is -2.16. The molecule has 5 heteroatoms. The predicted octanol–water partition coefficient (Wildman–Crippen LogP) is 0.984. The molecule has 1 heterocycles. The van der Waals surface area contributed by atoms with Gasteiger partial charge in [-0.2, -0.15) is 0 Å². The van der Waals surface area contributed by atoms with E-state index in [1.165, 1.54) is 0 Å². The Morgan fingerprint density at radius 1 is 1.64 bits per heavy atom. The lowest BCUT2D eigenvalue weighted by atomic mass is 9.98. The van der Waals surface area contributed by atoms with Crippen molar-refractivity contribution in [1.29, 1.82) is 0 Å². The molecule has 0 aliphatic carbocycles. The number of rotatable bonds is 4. The molecule has 0 spiro atoms. The van der Waals surface area contributed by atoms with Gasteiger partial charge < -0.3 is 15.2 Å². The van der Waals surface area contributed by atoms with Crippen LogP contribution >= 0.6 is 0 Å². The summed E-state index contributed by atoms with van der Waals surface area (Å²) < 4.78 is 4.85. The molecule has 80 valence electrons. The van der Waals surface area contributed by atoms with Gasteiger partial charge in [-0.1, -0.05) is 13.8 Å². The van der Waals surface area contributed by atoms with E-state index < -0.39 is 18.2 Å². The van der Waals surface area contributed by atoms with Crippen LogP contribution in [0.2, 0.25) is 0 Å². The summed E-state index contributed by atoms with van der Waals surface area (Å²) >= 11 is 0. The molecular formula is C9H15NO4. The lowest BCUT2D eigenvalue weighted by Crippen LogP contribution is -2.34. The van der Waals surface area contributed by atoms with Gasteiger partial charge in [0.25, 0.3) is 0 Å². The molecule has 0 aromatic carbocycles. The van der Waals surface area contributed by atoms with Gasteiger partial charge in [0, 0.05) is 0 Å². The van der Waals surface area contributed by atoms with Gasteiger partial charge in [-0.05, 0) is 12.3 Å². The highest BCUT2D eigenvalue weighted by molar-refractivity contribution is 5.73. The summed E-state index contributed by atoms with van der Waals surface area (Å²) in [4.78, 5) is 21.4. The smallest absolute Gasteiger partial charge is 0.407 e. The minimum absolute atomic E-state index is 0.129. The molecule has 1 amide bonds. The normalized spacial score (nSPS) is 26.1. The predicted molar refractivity (Wildman–Crippen MR) is 48.9 cm³/mol. The van der Waals surface area contributed by atoms with Crippen LogP contribution < -0.4 is 5.32 Å². The second-order valence-corrected chi connectivity index (χ2v) is 3.92. The first-order valence-electron chi connectivity index (χ1n) is 4.68. The van der Waals surface area contributed by atoms with Crippen molar-refractivity contribution in [2.24, 2.45) is 5.92 Å². The number of carboxylic acids is 1. The van der Waals surface area contributed by atoms with E-state index in [9.17, 15) is 9.59 Å². The van der Waals surface area contributed by atoms with Crippen LogP contribution in [0.1, 0.15) is 26.7 Å². The first kappa shape index (κ1) is 10.8. The standard InChI is InChI=1S/C9H15NO4/c1-5(2)3-6-7(4-8(11)12)14-9(13)10-6/h5-7H,3-4H2,1-2H3,(H,10,13)(H,11,12). The number of carbonyl (C=O) groups is 2. The van der Waals surface area contributed by atoms with Crippen LogP contribution in [0.25, 0.3) is 0 Å².